The van der Waals surface area contributed by atoms with E-state index < -0.39 is 0 Å². The molecule has 2 rings (SSSR count). The summed E-state index contributed by atoms with van der Waals surface area (Å²) in [5.41, 5.74) is 1.08. The number of methoxy groups -OCH3 is 1. The number of fused-ring (bicyclic) bond motifs is 1. The minimum Gasteiger partial charge on any atom is -0.465 e. The molecule has 0 spiro atoms. The first kappa shape index (κ1) is 9.15. The Morgan fingerprint density at radius 2 is 2.29 bits per heavy atom. The Bertz CT molecular complexity index is 490. The van der Waals surface area contributed by atoms with Gasteiger partial charge in [0.05, 0.1) is 11.8 Å². The van der Waals surface area contributed by atoms with Gasteiger partial charge in [-0.3, -0.25) is 4.98 Å². The van der Waals surface area contributed by atoms with Gasteiger partial charge in [0.2, 0.25) is 0 Å². The molecule has 0 aromatic carbocycles. The fourth-order valence-electron chi connectivity index (χ4n) is 1.30. The molecule has 2 aromatic rings. The number of carbonyl (C=O) groups excluding carboxylic acids is 1. The molecule has 0 atom stereocenters. The van der Waals surface area contributed by atoms with E-state index in [9.17, 15) is 4.79 Å². The Hall–Kier alpha value is -1.42. The highest BCUT2D eigenvalue weighted by Gasteiger charge is 2.10. The molecule has 0 bridgehead atoms. The molecule has 0 fully saturated rings. The molecule has 0 N–H and O–H groups in total. The number of rotatable bonds is 1. The van der Waals surface area contributed by atoms with Crippen molar-refractivity contribution in [1.29, 1.82) is 0 Å². The minimum atomic E-state index is -0.286. The maximum atomic E-state index is 11.3. The third-order valence-corrected chi connectivity index (χ3v) is 3.08. The summed E-state index contributed by atoms with van der Waals surface area (Å²) in [7, 11) is 1.39. The van der Waals surface area contributed by atoms with Crippen LogP contribution in [0, 0.1) is 6.92 Å². The van der Waals surface area contributed by atoms with E-state index >= 15 is 0 Å². The number of pyridine rings is 1. The Labute approximate surface area is 85.3 Å². The lowest BCUT2D eigenvalue weighted by atomic mass is 10.2. The predicted molar refractivity (Wildman–Crippen MR) is 55.7 cm³/mol. The van der Waals surface area contributed by atoms with Crippen molar-refractivity contribution in [3.63, 3.8) is 0 Å². The molecular formula is C10H9NO2S. The summed E-state index contributed by atoms with van der Waals surface area (Å²) in [5, 5.41) is 1.07. The van der Waals surface area contributed by atoms with E-state index in [0.29, 0.717) is 4.88 Å². The fraction of sp³-hybridized carbons (Fsp3) is 0.200. The van der Waals surface area contributed by atoms with E-state index in [0.717, 1.165) is 15.6 Å². The number of nitrogens with zero attached hydrogens (tertiary/aromatic N) is 1. The Kier molecular flexibility index (Phi) is 2.21. The van der Waals surface area contributed by atoms with Crippen molar-refractivity contribution in [2.24, 2.45) is 0 Å². The number of ether oxygens (including phenoxy) is 1. The van der Waals surface area contributed by atoms with Crippen LogP contribution in [-0.2, 0) is 4.74 Å². The van der Waals surface area contributed by atoms with Crippen LogP contribution in [-0.4, -0.2) is 18.1 Å². The van der Waals surface area contributed by atoms with Gasteiger partial charge in [0.15, 0.2) is 0 Å². The van der Waals surface area contributed by atoms with Gasteiger partial charge < -0.3 is 4.74 Å². The van der Waals surface area contributed by atoms with E-state index in [2.05, 4.69) is 9.72 Å². The monoisotopic (exact) mass is 207 g/mol. The van der Waals surface area contributed by atoms with Crippen LogP contribution in [0.3, 0.4) is 0 Å². The van der Waals surface area contributed by atoms with Crippen molar-refractivity contribution in [2.75, 3.05) is 7.11 Å². The van der Waals surface area contributed by atoms with Crippen molar-refractivity contribution in [1.82, 2.24) is 4.98 Å². The Morgan fingerprint density at radius 1 is 1.50 bits per heavy atom. The quantitative estimate of drug-likeness (QED) is 0.674. The predicted octanol–water partition coefficient (Wildman–Crippen LogP) is 2.39. The SMILES string of the molecule is COC(=O)c1cc2c(C)cncc2s1. The van der Waals surface area contributed by atoms with Crippen LogP contribution in [0.2, 0.25) is 0 Å². The second-order valence-electron chi connectivity index (χ2n) is 2.97. The summed E-state index contributed by atoms with van der Waals surface area (Å²) in [6.45, 7) is 1.98. The molecule has 14 heavy (non-hydrogen) atoms. The number of hydrogen-bond donors (Lipinski definition) is 0. The van der Waals surface area contributed by atoms with Crippen LogP contribution in [0.15, 0.2) is 18.5 Å². The summed E-state index contributed by atoms with van der Waals surface area (Å²) < 4.78 is 5.68. The standard InChI is InChI=1S/C10H9NO2S/c1-6-4-11-5-9-7(6)3-8(14-9)10(12)13-2/h3-5H,1-2H3. The lowest BCUT2D eigenvalue weighted by molar-refractivity contribution is 0.0606. The first-order valence-corrected chi connectivity index (χ1v) is 4.96. The molecular weight excluding hydrogens is 198 g/mol. The number of hydrogen-bond acceptors (Lipinski definition) is 4. The third-order valence-electron chi connectivity index (χ3n) is 2.03. The van der Waals surface area contributed by atoms with E-state index in [-0.39, 0.29) is 5.97 Å². The summed E-state index contributed by atoms with van der Waals surface area (Å²) >= 11 is 1.41. The zero-order valence-corrected chi connectivity index (χ0v) is 8.72. The van der Waals surface area contributed by atoms with Crippen LogP contribution >= 0.6 is 11.3 Å². The molecule has 72 valence electrons. The lowest BCUT2D eigenvalue weighted by Crippen LogP contribution is -1.96. The topological polar surface area (TPSA) is 39.2 Å². The van der Waals surface area contributed by atoms with Crippen molar-refractivity contribution in [3.8, 4) is 0 Å². The number of thiophene rings is 1. The first-order valence-electron chi connectivity index (χ1n) is 4.15. The van der Waals surface area contributed by atoms with Gasteiger partial charge in [-0.15, -0.1) is 11.3 Å². The van der Waals surface area contributed by atoms with Gasteiger partial charge in [0.25, 0.3) is 0 Å². The average molecular weight is 207 g/mol. The smallest absolute Gasteiger partial charge is 0.348 e. The highest BCUT2D eigenvalue weighted by Crippen LogP contribution is 2.27. The van der Waals surface area contributed by atoms with Gasteiger partial charge in [-0.05, 0) is 23.9 Å². The second kappa shape index (κ2) is 3.38. The molecule has 0 unspecified atom stereocenters. The zero-order valence-electron chi connectivity index (χ0n) is 7.90. The van der Waals surface area contributed by atoms with E-state index in [1.807, 2.05) is 13.0 Å². The van der Waals surface area contributed by atoms with Gasteiger partial charge in [-0.25, -0.2) is 4.79 Å². The molecule has 0 aliphatic carbocycles. The number of aromatic nitrogens is 1. The molecule has 0 radical (unpaired) electrons. The summed E-state index contributed by atoms with van der Waals surface area (Å²) in [6.07, 6.45) is 3.55. The van der Waals surface area contributed by atoms with E-state index in [1.54, 1.807) is 12.4 Å². The van der Waals surface area contributed by atoms with Gasteiger partial charge in [0.1, 0.15) is 4.88 Å². The molecule has 2 heterocycles. The number of carbonyl (C=O) groups is 1. The molecule has 2 aromatic heterocycles. The van der Waals surface area contributed by atoms with Gasteiger partial charge >= 0.3 is 5.97 Å². The Morgan fingerprint density at radius 3 is 2.93 bits per heavy atom. The molecule has 0 saturated carbocycles. The van der Waals surface area contributed by atoms with E-state index in [4.69, 9.17) is 0 Å². The summed E-state index contributed by atoms with van der Waals surface area (Å²) in [4.78, 5) is 16.0. The molecule has 0 aliphatic heterocycles. The first-order chi connectivity index (χ1) is 6.72. The van der Waals surface area contributed by atoms with Gasteiger partial charge in [-0.2, -0.15) is 0 Å². The molecule has 3 nitrogen and oxygen atoms in total. The van der Waals surface area contributed by atoms with Crippen LogP contribution < -0.4 is 0 Å². The molecule has 0 amide bonds. The lowest BCUT2D eigenvalue weighted by Gasteiger charge is -1.91. The van der Waals surface area contributed by atoms with Gasteiger partial charge in [-0.1, -0.05) is 0 Å². The van der Waals surface area contributed by atoms with Crippen LogP contribution in [0.25, 0.3) is 10.1 Å². The molecule has 0 aliphatic rings. The van der Waals surface area contributed by atoms with Crippen molar-refractivity contribution in [3.05, 3.63) is 28.9 Å². The number of aryl methyl sites for hydroxylation is 1. The minimum absolute atomic E-state index is 0.286. The van der Waals surface area contributed by atoms with Crippen molar-refractivity contribution < 1.29 is 9.53 Å². The largest absolute Gasteiger partial charge is 0.465 e. The summed E-state index contributed by atoms with van der Waals surface area (Å²) in [6, 6.07) is 1.85. The third kappa shape index (κ3) is 1.37. The highest BCUT2D eigenvalue weighted by molar-refractivity contribution is 7.20. The fourth-order valence-corrected chi connectivity index (χ4v) is 2.32. The van der Waals surface area contributed by atoms with Crippen LogP contribution in [0.4, 0.5) is 0 Å². The second-order valence-corrected chi connectivity index (χ2v) is 4.05. The van der Waals surface area contributed by atoms with Crippen LogP contribution in [0.5, 0.6) is 0 Å². The van der Waals surface area contributed by atoms with E-state index in [1.165, 1.54) is 18.4 Å². The molecule has 0 saturated heterocycles. The maximum absolute atomic E-state index is 11.3. The molecule has 4 heteroatoms. The summed E-state index contributed by atoms with van der Waals surface area (Å²) in [5.74, 6) is -0.286. The average Bonchev–Trinajstić information content (AvgIpc) is 2.62. The van der Waals surface area contributed by atoms with Crippen LogP contribution in [0.1, 0.15) is 15.2 Å². The zero-order chi connectivity index (χ0) is 10.1. The maximum Gasteiger partial charge on any atom is 0.348 e. The van der Waals surface area contributed by atoms with Gasteiger partial charge in [0, 0.05) is 12.4 Å². The number of esters is 1. The van der Waals surface area contributed by atoms with Crippen molar-refractivity contribution in [2.45, 2.75) is 6.92 Å². The highest BCUT2D eigenvalue weighted by atomic mass is 32.1. The normalized spacial score (nSPS) is 10.4. The van der Waals surface area contributed by atoms with Crippen molar-refractivity contribution >= 4 is 27.4 Å². The Balaban J connectivity index is 2.62.